The van der Waals surface area contributed by atoms with Crippen LogP contribution in [0, 0.1) is 0 Å². The fourth-order valence-corrected chi connectivity index (χ4v) is 7.10. The van der Waals surface area contributed by atoms with Gasteiger partial charge in [-0.2, -0.15) is 0 Å². The zero-order valence-corrected chi connectivity index (χ0v) is 24.4. The average molecular weight is 585 g/mol. The second kappa shape index (κ2) is 12.5. The van der Waals surface area contributed by atoms with Crippen LogP contribution in [-0.2, 0) is 27.7 Å². The SMILES string of the molecule is O=C(NCCCN1CCOCC1)c1cc(NS(=O)(=O)c2cccc3ccccc23)ccc1N1CCc2ccccc2C1. The number of anilines is 2. The Bertz CT molecular complexity index is 1680. The van der Waals surface area contributed by atoms with E-state index in [9.17, 15) is 13.2 Å². The van der Waals surface area contributed by atoms with E-state index in [0.717, 1.165) is 63.3 Å². The van der Waals surface area contributed by atoms with Crippen LogP contribution < -0.4 is 14.9 Å². The molecule has 0 spiro atoms. The molecule has 2 N–H and O–H groups in total. The van der Waals surface area contributed by atoms with E-state index in [1.807, 2.05) is 36.4 Å². The number of carbonyl (C=O) groups excluding carboxylic acids is 1. The minimum atomic E-state index is -3.90. The van der Waals surface area contributed by atoms with Crippen LogP contribution in [0.25, 0.3) is 10.8 Å². The van der Waals surface area contributed by atoms with E-state index in [-0.39, 0.29) is 10.8 Å². The third kappa shape index (κ3) is 6.28. The van der Waals surface area contributed by atoms with Crippen LogP contribution in [0.15, 0.2) is 89.8 Å². The molecule has 2 aliphatic heterocycles. The first-order valence-corrected chi connectivity index (χ1v) is 16.0. The minimum absolute atomic E-state index is 0.200. The molecule has 0 radical (unpaired) electrons. The second-order valence-electron chi connectivity index (χ2n) is 10.8. The quantitative estimate of drug-likeness (QED) is 0.278. The number of amides is 1. The molecule has 218 valence electrons. The van der Waals surface area contributed by atoms with Crippen molar-refractivity contribution in [2.24, 2.45) is 0 Å². The molecule has 1 amide bonds. The van der Waals surface area contributed by atoms with Gasteiger partial charge in [0, 0.05) is 49.5 Å². The van der Waals surface area contributed by atoms with Gasteiger partial charge in [0.05, 0.1) is 23.7 Å². The maximum Gasteiger partial charge on any atom is 0.262 e. The van der Waals surface area contributed by atoms with E-state index in [4.69, 9.17) is 4.74 Å². The summed E-state index contributed by atoms with van der Waals surface area (Å²) in [7, 11) is -3.90. The lowest BCUT2D eigenvalue weighted by molar-refractivity contribution is 0.0374. The van der Waals surface area contributed by atoms with Crippen molar-refractivity contribution < 1.29 is 17.9 Å². The van der Waals surface area contributed by atoms with Crippen molar-refractivity contribution in [1.29, 1.82) is 0 Å². The first-order valence-electron chi connectivity index (χ1n) is 14.5. The number of ether oxygens (including phenoxy) is 1. The fourth-order valence-electron chi connectivity index (χ4n) is 5.82. The molecule has 8 nitrogen and oxygen atoms in total. The molecular formula is C33H36N4O4S. The normalized spacial score (nSPS) is 15.8. The summed E-state index contributed by atoms with van der Waals surface area (Å²) < 4.78 is 35.3. The van der Waals surface area contributed by atoms with Gasteiger partial charge in [0.25, 0.3) is 15.9 Å². The van der Waals surface area contributed by atoms with E-state index < -0.39 is 10.0 Å². The van der Waals surface area contributed by atoms with Gasteiger partial charge in [-0.15, -0.1) is 0 Å². The largest absolute Gasteiger partial charge is 0.379 e. The summed E-state index contributed by atoms with van der Waals surface area (Å²) in [5.74, 6) is -0.211. The predicted molar refractivity (Wildman–Crippen MR) is 167 cm³/mol. The number of hydrogen-bond acceptors (Lipinski definition) is 6. The Morgan fingerprint density at radius 3 is 2.48 bits per heavy atom. The molecule has 9 heteroatoms. The number of fused-ring (bicyclic) bond motifs is 2. The highest BCUT2D eigenvalue weighted by Crippen LogP contribution is 2.31. The highest BCUT2D eigenvalue weighted by atomic mass is 32.2. The third-order valence-corrected chi connectivity index (χ3v) is 9.48. The zero-order chi connectivity index (χ0) is 28.9. The molecule has 2 heterocycles. The van der Waals surface area contributed by atoms with Crippen molar-refractivity contribution >= 4 is 38.1 Å². The Kier molecular flexibility index (Phi) is 8.41. The summed E-state index contributed by atoms with van der Waals surface area (Å²) >= 11 is 0. The van der Waals surface area contributed by atoms with Crippen LogP contribution in [0.1, 0.15) is 27.9 Å². The van der Waals surface area contributed by atoms with Gasteiger partial charge >= 0.3 is 0 Å². The van der Waals surface area contributed by atoms with Crippen molar-refractivity contribution in [3.63, 3.8) is 0 Å². The number of sulfonamides is 1. The number of benzene rings is 4. The second-order valence-corrected chi connectivity index (χ2v) is 12.5. The van der Waals surface area contributed by atoms with Crippen LogP contribution in [-0.4, -0.2) is 65.2 Å². The molecule has 1 saturated heterocycles. The Labute approximate surface area is 247 Å². The highest BCUT2D eigenvalue weighted by molar-refractivity contribution is 7.93. The maximum absolute atomic E-state index is 13.6. The number of rotatable bonds is 9. The molecule has 2 aliphatic rings. The summed E-state index contributed by atoms with van der Waals surface area (Å²) in [6.45, 7) is 6.20. The van der Waals surface area contributed by atoms with Crippen LogP contribution in [0.2, 0.25) is 0 Å². The van der Waals surface area contributed by atoms with Crippen LogP contribution in [0.4, 0.5) is 11.4 Å². The average Bonchev–Trinajstić information content (AvgIpc) is 3.03. The van der Waals surface area contributed by atoms with Crippen molar-refractivity contribution in [1.82, 2.24) is 10.2 Å². The standard InChI is InChI=1S/C33H36N4O4S/c38-33(34-16-6-17-36-19-21-41-22-20-36)30-23-28(13-14-31(30)37-18-15-25-7-1-2-9-27(25)24-37)35-42(39,40)32-12-5-10-26-8-3-4-11-29(26)32/h1-5,7-14,23,35H,6,15-22,24H2,(H,34,38). The number of nitrogens with one attached hydrogen (secondary N) is 2. The number of morpholine rings is 1. The summed E-state index contributed by atoms with van der Waals surface area (Å²) in [6, 6.07) is 26.3. The molecule has 4 aromatic rings. The smallest absolute Gasteiger partial charge is 0.262 e. The van der Waals surface area contributed by atoms with Gasteiger partial charge < -0.3 is 15.0 Å². The lowest BCUT2D eigenvalue weighted by atomic mass is 9.98. The molecule has 0 unspecified atom stereocenters. The van der Waals surface area contributed by atoms with E-state index in [1.165, 1.54) is 11.1 Å². The molecule has 0 saturated carbocycles. The monoisotopic (exact) mass is 584 g/mol. The maximum atomic E-state index is 13.6. The van der Waals surface area contributed by atoms with Crippen LogP contribution >= 0.6 is 0 Å². The summed E-state index contributed by atoms with van der Waals surface area (Å²) in [4.78, 5) is 18.4. The Morgan fingerprint density at radius 1 is 0.857 bits per heavy atom. The topological polar surface area (TPSA) is 91.0 Å². The lowest BCUT2D eigenvalue weighted by Crippen LogP contribution is -2.38. The fraction of sp³-hybridized carbons (Fsp3) is 0.303. The Hall–Kier alpha value is -3.92. The van der Waals surface area contributed by atoms with Crippen molar-refractivity contribution in [2.45, 2.75) is 24.3 Å². The van der Waals surface area contributed by atoms with Gasteiger partial charge in [-0.25, -0.2) is 8.42 Å². The molecular weight excluding hydrogens is 548 g/mol. The molecule has 0 aliphatic carbocycles. The summed E-state index contributed by atoms with van der Waals surface area (Å²) in [5.41, 5.74) is 4.16. The zero-order valence-electron chi connectivity index (χ0n) is 23.6. The molecule has 6 rings (SSSR count). The van der Waals surface area contributed by atoms with Gasteiger partial charge in [-0.3, -0.25) is 14.4 Å². The third-order valence-electron chi connectivity index (χ3n) is 8.04. The van der Waals surface area contributed by atoms with Crippen LogP contribution in [0.5, 0.6) is 0 Å². The van der Waals surface area contributed by atoms with E-state index in [2.05, 4.69) is 38.0 Å². The molecule has 0 atom stereocenters. The number of hydrogen-bond donors (Lipinski definition) is 2. The summed E-state index contributed by atoms with van der Waals surface area (Å²) in [6.07, 6.45) is 1.71. The molecule has 42 heavy (non-hydrogen) atoms. The Morgan fingerprint density at radius 2 is 1.62 bits per heavy atom. The van der Waals surface area contributed by atoms with Gasteiger partial charge in [0.1, 0.15) is 0 Å². The van der Waals surface area contributed by atoms with E-state index >= 15 is 0 Å². The Balaban J connectivity index is 1.25. The van der Waals surface area contributed by atoms with Gasteiger partial charge in [-0.1, -0.05) is 60.7 Å². The van der Waals surface area contributed by atoms with Crippen molar-refractivity contribution in [2.75, 3.05) is 55.6 Å². The van der Waals surface area contributed by atoms with E-state index in [1.54, 1.807) is 30.3 Å². The highest BCUT2D eigenvalue weighted by Gasteiger charge is 2.24. The molecule has 0 aromatic heterocycles. The number of nitrogens with zero attached hydrogens (tertiary/aromatic N) is 2. The summed E-state index contributed by atoms with van der Waals surface area (Å²) in [5, 5.41) is 4.58. The molecule has 1 fully saturated rings. The predicted octanol–water partition coefficient (Wildman–Crippen LogP) is 4.66. The van der Waals surface area contributed by atoms with Gasteiger partial charge in [0.15, 0.2) is 0 Å². The minimum Gasteiger partial charge on any atom is -0.379 e. The molecule has 4 aromatic carbocycles. The van der Waals surface area contributed by atoms with Crippen molar-refractivity contribution in [3.05, 3.63) is 102 Å². The van der Waals surface area contributed by atoms with Crippen LogP contribution in [0.3, 0.4) is 0 Å². The van der Waals surface area contributed by atoms with Gasteiger partial charge in [0.2, 0.25) is 0 Å². The van der Waals surface area contributed by atoms with Crippen molar-refractivity contribution in [3.8, 4) is 0 Å². The first kappa shape index (κ1) is 28.2. The first-order chi connectivity index (χ1) is 20.5. The van der Waals surface area contributed by atoms with Gasteiger partial charge in [-0.05, 0) is 60.2 Å². The lowest BCUT2D eigenvalue weighted by Gasteiger charge is -2.32. The number of carbonyl (C=O) groups is 1. The van der Waals surface area contributed by atoms with E-state index in [0.29, 0.717) is 29.7 Å². The molecule has 0 bridgehead atoms.